The zero-order chi connectivity index (χ0) is 11.6. The molecule has 0 aliphatic heterocycles. The van der Waals surface area contributed by atoms with E-state index >= 15 is 0 Å². The number of pyridine rings is 1. The number of esters is 1. The molecule has 0 aromatic carbocycles. The van der Waals surface area contributed by atoms with Crippen LogP contribution in [0.25, 0.3) is 0 Å². The minimum absolute atomic E-state index is 0.120. The van der Waals surface area contributed by atoms with Crippen LogP contribution in [0.15, 0.2) is 12.1 Å². The number of halogens is 1. The van der Waals surface area contributed by atoms with Gasteiger partial charge in [0.15, 0.2) is 5.69 Å². The van der Waals surface area contributed by atoms with E-state index in [-0.39, 0.29) is 11.5 Å². The number of nitrogen functional groups attached to an aromatic ring is 1. The standard InChI is InChI=1S/C10H13ClN2O2/c1-10(2,3)15-9(14)7-4-6(11)5-8(12)13-7/h4-5H,1-3H3,(H2,12,13). The lowest BCUT2D eigenvalue weighted by Gasteiger charge is -2.19. The first-order valence-electron chi connectivity index (χ1n) is 4.44. The molecular weight excluding hydrogens is 216 g/mol. The van der Waals surface area contributed by atoms with E-state index in [1.165, 1.54) is 12.1 Å². The highest BCUT2D eigenvalue weighted by atomic mass is 35.5. The van der Waals surface area contributed by atoms with E-state index < -0.39 is 11.6 Å². The predicted octanol–water partition coefficient (Wildman–Crippen LogP) is 2.27. The molecule has 1 aromatic heterocycles. The minimum atomic E-state index is -0.560. The Morgan fingerprint density at radius 1 is 1.47 bits per heavy atom. The third-order valence-corrected chi connectivity index (χ3v) is 1.64. The van der Waals surface area contributed by atoms with Crippen LogP contribution < -0.4 is 5.73 Å². The molecule has 0 unspecified atom stereocenters. The Balaban J connectivity index is 2.92. The van der Waals surface area contributed by atoms with E-state index in [9.17, 15) is 4.79 Å². The molecule has 0 aliphatic carbocycles. The highest BCUT2D eigenvalue weighted by Gasteiger charge is 2.19. The van der Waals surface area contributed by atoms with Crippen LogP contribution in [0.2, 0.25) is 5.02 Å². The summed E-state index contributed by atoms with van der Waals surface area (Å²) < 4.78 is 5.12. The van der Waals surface area contributed by atoms with E-state index in [2.05, 4.69) is 4.98 Å². The van der Waals surface area contributed by atoms with E-state index in [0.29, 0.717) is 5.02 Å². The third kappa shape index (κ3) is 3.75. The van der Waals surface area contributed by atoms with Crippen molar-refractivity contribution in [2.24, 2.45) is 0 Å². The van der Waals surface area contributed by atoms with Crippen molar-refractivity contribution in [1.82, 2.24) is 4.98 Å². The Kier molecular flexibility index (Phi) is 3.19. The van der Waals surface area contributed by atoms with Crippen LogP contribution in [0.1, 0.15) is 31.3 Å². The van der Waals surface area contributed by atoms with Crippen LogP contribution in [-0.4, -0.2) is 16.6 Å². The third-order valence-electron chi connectivity index (χ3n) is 1.42. The molecule has 0 spiro atoms. The summed E-state index contributed by atoms with van der Waals surface area (Å²) in [5.74, 6) is -0.333. The molecular formula is C10H13ClN2O2. The summed E-state index contributed by atoms with van der Waals surface area (Å²) in [6, 6.07) is 2.89. The van der Waals surface area contributed by atoms with E-state index in [0.717, 1.165) is 0 Å². The van der Waals surface area contributed by atoms with Crippen molar-refractivity contribution in [3.05, 3.63) is 22.8 Å². The number of aromatic nitrogens is 1. The number of nitrogens with zero attached hydrogens (tertiary/aromatic N) is 1. The molecule has 0 fully saturated rings. The first-order chi connectivity index (χ1) is 6.78. The molecule has 0 bridgehead atoms. The number of hydrogen-bond donors (Lipinski definition) is 1. The van der Waals surface area contributed by atoms with Crippen LogP contribution in [0, 0.1) is 0 Å². The number of nitrogens with two attached hydrogens (primary N) is 1. The highest BCUT2D eigenvalue weighted by Crippen LogP contribution is 2.16. The van der Waals surface area contributed by atoms with Gasteiger partial charge < -0.3 is 10.5 Å². The summed E-state index contributed by atoms with van der Waals surface area (Å²) in [7, 11) is 0. The predicted molar refractivity (Wildman–Crippen MR) is 58.8 cm³/mol. The number of anilines is 1. The second-order valence-electron chi connectivity index (χ2n) is 4.10. The van der Waals surface area contributed by atoms with Crippen molar-refractivity contribution < 1.29 is 9.53 Å². The summed E-state index contributed by atoms with van der Waals surface area (Å²) in [6.07, 6.45) is 0. The molecule has 1 heterocycles. The van der Waals surface area contributed by atoms with E-state index in [4.69, 9.17) is 22.1 Å². The van der Waals surface area contributed by atoms with Crippen molar-refractivity contribution in [3.63, 3.8) is 0 Å². The average Bonchev–Trinajstić information content (AvgIpc) is 1.98. The molecule has 5 heteroatoms. The second kappa shape index (κ2) is 4.06. The molecule has 0 saturated heterocycles. The Hall–Kier alpha value is -1.29. The Morgan fingerprint density at radius 3 is 2.53 bits per heavy atom. The SMILES string of the molecule is CC(C)(C)OC(=O)c1cc(Cl)cc(N)n1. The number of rotatable bonds is 1. The Morgan fingerprint density at radius 2 is 2.07 bits per heavy atom. The zero-order valence-electron chi connectivity index (χ0n) is 8.87. The lowest BCUT2D eigenvalue weighted by molar-refractivity contribution is 0.00630. The van der Waals surface area contributed by atoms with E-state index in [1.54, 1.807) is 20.8 Å². The molecule has 4 nitrogen and oxygen atoms in total. The van der Waals surface area contributed by atoms with Crippen LogP contribution >= 0.6 is 11.6 Å². The number of carbonyl (C=O) groups is 1. The topological polar surface area (TPSA) is 65.2 Å². The van der Waals surface area contributed by atoms with Gasteiger partial charge in [-0.05, 0) is 32.9 Å². The maximum atomic E-state index is 11.6. The van der Waals surface area contributed by atoms with Gasteiger partial charge in [0.1, 0.15) is 11.4 Å². The fourth-order valence-electron chi connectivity index (χ4n) is 0.952. The summed E-state index contributed by atoms with van der Waals surface area (Å²) in [5.41, 5.74) is 5.02. The molecule has 15 heavy (non-hydrogen) atoms. The van der Waals surface area contributed by atoms with Gasteiger partial charge in [-0.2, -0.15) is 0 Å². The molecule has 0 radical (unpaired) electrons. The van der Waals surface area contributed by atoms with Crippen molar-refractivity contribution in [1.29, 1.82) is 0 Å². The molecule has 0 aliphatic rings. The first kappa shape index (κ1) is 11.8. The first-order valence-corrected chi connectivity index (χ1v) is 4.82. The monoisotopic (exact) mass is 228 g/mol. The summed E-state index contributed by atoms with van der Waals surface area (Å²) >= 11 is 5.74. The van der Waals surface area contributed by atoms with Crippen molar-refractivity contribution in [2.45, 2.75) is 26.4 Å². The molecule has 1 rings (SSSR count). The lowest BCUT2D eigenvalue weighted by Crippen LogP contribution is -2.24. The van der Waals surface area contributed by atoms with Gasteiger partial charge in [0.2, 0.25) is 0 Å². The molecule has 82 valence electrons. The van der Waals surface area contributed by atoms with Gasteiger partial charge in [-0.3, -0.25) is 0 Å². The van der Waals surface area contributed by atoms with Gasteiger partial charge in [-0.15, -0.1) is 0 Å². The minimum Gasteiger partial charge on any atom is -0.455 e. The van der Waals surface area contributed by atoms with Gasteiger partial charge in [-0.25, -0.2) is 9.78 Å². The second-order valence-corrected chi connectivity index (χ2v) is 4.53. The maximum absolute atomic E-state index is 11.6. The van der Waals surface area contributed by atoms with Crippen LogP contribution in [-0.2, 0) is 4.74 Å². The highest BCUT2D eigenvalue weighted by molar-refractivity contribution is 6.31. The Labute approximate surface area is 93.4 Å². The molecule has 2 N–H and O–H groups in total. The van der Waals surface area contributed by atoms with Gasteiger partial charge in [0.25, 0.3) is 0 Å². The zero-order valence-corrected chi connectivity index (χ0v) is 9.63. The average molecular weight is 229 g/mol. The quantitative estimate of drug-likeness (QED) is 0.749. The van der Waals surface area contributed by atoms with Gasteiger partial charge >= 0.3 is 5.97 Å². The Bertz CT molecular complexity index is 365. The van der Waals surface area contributed by atoms with Crippen molar-refractivity contribution >= 4 is 23.4 Å². The van der Waals surface area contributed by atoms with Gasteiger partial charge in [0.05, 0.1) is 0 Å². The van der Waals surface area contributed by atoms with Crippen molar-refractivity contribution in [3.8, 4) is 0 Å². The van der Waals surface area contributed by atoms with Gasteiger partial charge in [-0.1, -0.05) is 11.6 Å². The fourth-order valence-corrected chi connectivity index (χ4v) is 1.17. The summed E-state index contributed by atoms with van der Waals surface area (Å²) in [4.78, 5) is 15.4. The lowest BCUT2D eigenvalue weighted by atomic mass is 10.2. The van der Waals surface area contributed by atoms with E-state index in [1.807, 2.05) is 0 Å². The molecule has 0 atom stereocenters. The molecule has 0 saturated carbocycles. The number of carbonyl (C=O) groups excluding carboxylic acids is 1. The number of ether oxygens (including phenoxy) is 1. The summed E-state index contributed by atoms with van der Waals surface area (Å²) in [5, 5.41) is 0.364. The maximum Gasteiger partial charge on any atom is 0.357 e. The smallest absolute Gasteiger partial charge is 0.357 e. The van der Waals surface area contributed by atoms with Crippen LogP contribution in [0.4, 0.5) is 5.82 Å². The number of hydrogen-bond acceptors (Lipinski definition) is 4. The fraction of sp³-hybridized carbons (Fsp3) is 0.400. The largest absolute Gasteiger partial charge is 0.455 e. The van der Waals surface area contributed by atoms with Crippen LogP contribution in [0.5, 0.6) is 0 Å². The molecule has 0 amide bonds. The molecule has 1 aromatic rings. The summed E-state index contributed by atoms with van der Waals surface area (Å²) in [6.45, 7) is 5.33. The van der Waals surface area contributed by atoms with Gasteiger partial charge in [0, 0.05) is 5.02 Å². The van der Waals surface area contributed by atoms with Crippen molar-refractivity contribution in [2.75, 3.05) is 5.73 Å². The normalized spacial score (nSPS) is 11.2. The van der Waals surface area contributed by atoms with Crippen LogP contribution in [0.3, 0.4) is 0 Å².